The van der Waals surface area contributed by atoms with Crippen LogP contribution >= 0.6 is 0 Å². The van der Waals surface area contributed by atoms with E-state index >= 15 is 0 Å². The van der Waals surface area contributed by atoms with Gasteiger partial charge in [-0.1, -0.05) is 13.5 Å². The summed E-state index contributed by atoms with van der Waals surface area (Å²) in [6, 6.07) is -0.305. The number of methoxy groups -OCH3 is 1. The molecule has 0 radical (unpaired) electrons. The largest absolute Gasteiger partial charge is 0.466 e. The van der Waals surface area contributed by atoms with Gasteiger partial charge in [0.2, 0.25) is 6.10 Å². The topological polar surface area (TPSA) is 64.6 Å². The van der Waals surface area contributed by atoms with Crippen LogP contribution in [0.25, 0.3) is 0 Å². The first-order valence-electron chi connectivity index (χ1n) is 5.11. The molecule has 1 N–H and O–H groups in total. The molecule has 0 bridgehead atoms. The highest BCUT2D eigenvalue weighted by molar-refractivity contribution is 5.89. The van der Waals surface area contributed by atoms with Crippen molar-refractivity contribution in [2.75, 3.05) is 13.7 Å². The molecule has 0 heterocycles. The van der Waals surface area contributed by atoms with Crippen LogP contribution in [0.4, 0.5) is 0 Å². The predicted octanol–water partition coefficient (Wildman–Crippen LogP) is 0.645. The van der Waals surface area contributed by atoms with Gasteiger partial charge >= 0.3 is 11.9 Å². The SMILES string of the molecule is C=C(C)C(=O)OC(C(=O)OC)C(C)NCC. The second kappa shape index (κ2) is 7.00. The van der Waals surface area contributed by atoms with Crippen LogP contribution in [-0.4, -0.2) is 37.7 Å². The Morgan fingerprint density at radius 2 is 2.00 bits per heavy atom. The summed E-state index contributed by atoms with van der Waals surface area (Å²) in [5, 5.41) is 3.00. The molecule has 2 unspecified atom stereocenters. The molecule has 0 aliphatic carbocycles. The lowest BCUT2D eigenvalue weighted by atomic mass is 10.2. The molecular formula is C11H19NO4. The van der Waals surface area contributed by atoms with Crippen molar-refractivity contribution in [1.82, 2.24) is 5.32 Å². The number of hydrogen-bond acceptors (Lipinski definition) is 5. The Morgan fingerprint density at radius 3 is 2.38 bits per heavy atom. The molecule has 5 nitrogen and oxygen atoms in total. The molecule has 0 aromatic heterocycles. The summed E-state index contributed by atoms with van der Waals surface area (Å²) < 4.78 is 9.58. The van der Waals surface area contributed by atoms with Crippen LogP contribution in [0.5, 0.6) is 0 Å². The number of rotatable bonds is 6. The highest BCUT2D eigenvalue weighted by Crippen LogP contribution is 2.05. The Balaban J connectivity index is 4.61. The zero-order chi connectivity index (χ0) is 12.7. The molecule has 2 atom stereocenters. The minimum Gasteiger partial charge on any atom is -0.466 e. The summed E-state index contributed by atoms with van der Waals surface area (Å²) in [7, 11) is 1.25. The smallest absolute Gasteiger partial charge is 0.348 e. The van der Waals surface area contributed by atoms with Crippen molar-refractivity contribution in [2.24, 2.45) is 0 Å². The van der Waals surface area contributed by atoms with E-state index in [4.69, 9.17) is 4.74 Å². The molecule has 0 saturated carbocycles. The van der Waals surface area contributed by atoms with Crippen molar-refractivity contribution in [3.63, 3.8) is 0 Å². The van der Waals surface area contributed by atoms with Crippen molar-refractivity contribution in [2.45, 2.75) is 32.9 Å². The van der Waals surface area contributed by atoms with Gasteiger partial charge < -0.3 is 14.8 Å². The minimum atomic E-state index is -0.950. The summed E-state index contributed by atoms with van der Waals surface area (Å²) in [5.41, 5.74) is 0.248. The Bertz CT molecular complexity index is 275. The van der Waals surface area contributed by atoms with E-state index in [-0.39, 0.29) is 11.6 Å². The monoisotopic (exact) mass is 229 g/mol. The zero-order valence-corrected chi connectivity index (χ0v) is 10.2. The van der Waals surface area contributed by atoms with Crippen molar-refractivity contribution in [3.8, 4) is 0 Å². The normalized spacial score (nSPS) is 13.8. The third-order valence-corrected chi connectivity index (χ3v) is 2.00. The van der Waals surface area contributed by atoms with Gasteiger partial charge in [0, 0.05) is 5.57 Å². The fraction of sp³-hybridized carbons (Fsp3) is 0.636. The number of esters is 2. The lowest BCUT2D eigenvalue weighted by Gasteiger charge is -2.22. The molecule has 0 fully saturated rings. The molecule has 0 aliphatic heterocycles. The van der Waals surface area contributed by atoms with E-state index in [1.54, 1.807) is 6.92 Å². The van der Waals surface area contributed by atoms with E-state index in [1.807, 2.05) is 6.92 Å². The Labute approximate surface area is 95.8 Å². The second-order valence-electron chi connectivity index (χ2n) is 3.48. The quantitative estimate of drug-likeness (QED) is 0.535. The molecule has 92 valence electrons. The average molecular weight is 229 g/mol. The third kappa shape index (κ3) is 4.44. The first-order valence-corrected chi connectivity index (χ1v) is 5.11. The summed E-state index contributed by atoms with van der Waals surface area (Å²) in [5.74, 6) is -1.18. The fourth-order valence-electron chi connectivity index (χ4n) is 1.12. The molecule has 0 aliphatic rings. The molecule has 16 heavy (non-hydrogen) atoms. The second-order valence-corrected chi connectivity index (χ2v) is 3.48. The number of nitrogens with one attached hydrogen (secondary N) is 1. The Morgan fingerprint density at radius 1 is 1.44 bits per heavy atom. The summed E-state index contributed by atoms with van der Waals surface area (Å²) in [6.07, 6.45) is -0.950. The van der Waals surface area contributed by atoms with Gasteiger partial charge in [0.05, 0.1) is 13.2 Å². The lowest BCUT2D eigenvalue weighted by molar-refractivity contribution is -0.165. The Kier molecular flexibility index (Phi) is 6.41. The van der Waals surface area contributed by atoms with Gasteiger partial charge in [-0.05, 0) is 20.4 Å². The molecule has 0 spiro atoms. The standard InChI is InChI=1S/C11H19NO4/c1-6-12-8(4)9(11(14)15-5)16-10(13)7(2)3/h8-9,12H,2,6H2,1,3-5H3. The molecule has 0 rings (SSSR count). The van der Waals surface area contributed by atoms with Gasteiger partial charge in [0.1, 0.15) is 0 Å². The van der Waals surface area contributed by atoms with Gasteiger partial charge in [0.25, 0.3) is 0 Å². The highest BCUT2D eigenvalue weighted by Gasteiger charge is 2.29. The van der Waals surface area contributed by atoms with E-state index in [0.29, 0.717) is 6.54 Å². The van der Waals surface area contributed by atoms with E-state index in [1.165, 1.54) is 14.0 Å². The zero-order valence-electron chi connectivity index (χ0n) is 10.2. The minimum absolute atomic E-state index is 0.248. The van der Waals surface area contributed by atoms with Crippen LogP contribution < -0.4 is 5.32 Å². The van der Waals surface area contributed by atoms with Crippen molar-refractivity contribution in [1.29, 1.82) is 0 Å². The molecule has 0 aromatic carbocycles. The number of carbonyl (C=O) groups excluding carboxylic acids is 2. The van der Waals surface area contributed by atoms with E-state index < -0.39 is 18.0 Å². The Hall–Kier alpha value is -1.36. The van der Waals surface area contributed by atoms with Crippen LogP contribution in [0.1, 0.15) is 20.8 Å². The first-order chi connectivity index (χ1) is 7.43. The van der Waals surface area contributed by atoms with E-state index in [0.717, 1.165) is 0 Å². The third-order valence-electron chi connectivity index (χ3n) is 2.00. The van der Waals surface area contributed by atoms with Crippen LogP contribution in [0.2, 0.25) is 0 Å². The maximum absolute atomic E-state index is 11.4. The fourth-order valence-corrected chi connectivity index (χ4v) is 1.12. The summed E-state index contributed by atoms with van der Waals surface area (Å²) in [4.78, 5) is 22.7. The van der Waals surface area contributed by atoms with Crippen LogP contribution in [-0.2, 0) is 19.1 Å². The summed E-state index contributed by atoms with van der Waals surface area (Å²) in [6.45, 7) is 9.28. The van der Waals surface area contributed by atoms with Crippen molar-refractivity contribution < 1.29 is 19.1 Å². The first kappa shape index (κ1) is 14.6. The number of carbonyl (C=O) groups is 2. The van der Waals surface area contributed by atoms with Crippen LogP contribution in [0.3, 0.4) is 0 Å². The number of likely N-dealkylation sites (N-methyl/N-ethyl adjacent to an activating group) is 1. The average Bonchev–Trinajstić information content (AvgIpc) is 2.24. The highest BCUT2D eigenvalue weighted by atomic mass is 16.6. The van der Waals surface area contributed by atoms with Gasteiger partial charge in [-0.2, -0.15) is 0 Å². The van der Waals surface area contributed by atoms with Gasteiger partial charge in [-0.15, -0.1) is 0 Å². The van der Waals surface area contributed by atoms with Gasteiger partial charge in [-0.25, -0.2) is 9.59 Å². The van der Waals surface area contributed by atoms with Crippen LogP contribution in [0.15, 0.2) is 12.2 Å². The summed E-state index contributed by atoms with van der Waals surface area (Å²) >= 11 is 0. The van der Waals surface area contributed by atoms with E-state index in [9.17, 15) is 9.59 Å². The van der Waals surface area contributed by atoms with E-state index in [2.05, 4.69) is 16.6 Å². The van der Waals surface area contributed by atoms with Gasteiger partial charge in [-0.3, -0.25) is 0 Å². The van der Waals surface area contributed by atoms with Crippen molar-refractivity contribution >= 4 is 11.9 Å². The molecule has 0 amide bonds. The predicted molar refractivity (Wildman–Crippen MR) is 59.8 cm³/mol. The molecular weight excluding hydrogens is 210 g/mol. The molecule has 5 heteroatoms. The number of ether oxygens (including phenoxy) is 2. The maximum Gasteiger partial charge on any atom is 0.348 e. The molecule has 0 aromatic rings. The van der Waals surface area contributed by atoms with Gasteiger partial charge in [0.15, 0.2) is 0 Å². The van der Waals surface area contributed by atoms with Crippen LogP contribution in [0, 0.1) is 0 Å². The van der Waals surface area contributed by atoms with Crippen molar-refractivity contribution in [3.05, 3.63) is 12.2 Å². The molecule has 0 saturated heterocycles. The number of hydrogen-bond donors (Lipinski definition) is 1. The lowest BCUT2D eigenvalue weighted by Crippen LogP contribution is -2.45. The maximum atomic E-state index is 11.4.